The lowest BCUT2D eigenvalue weighted by Gasteiger charge is -1.95. The van der Waals surface area contributed by atoms with Gasteiger partial charge in [0, 0.05) is 19.4 Å². The Bertz CT molecular complexity index is 222. The predicted molar refractivity (Wildman–Crippen MR) is 42.6 cm³/mol. The topological polar surface area (TPSA) is 77.0 Å². The van der Waals surface area contributed by atoms with E-state index in [-0.39, 0.29) is 12.1 Å². The van der Waals surface area contributed by atoms with Crippen LogP contribution in [0.5, 0.6) is 0 Å². The first-order chi connectivity index (χ1) is 4.84. The fourth-order valence-electron chi connectivity index (χ4n) is 0.641. The summed E-state index contributed by atoms with van der Waals surface area (Å²) in [5.41, 5.74) is 0.588. The lowest BCUT2D eigenvalue weighted by molar-refractivity contribution is 0.0963. The van der Waals surface area contributed by atoms with Gasteiger partial charge in [0.15, 0.2) is 0 Å². The molecular formula is C7H11N3O. The monoisotopic (exact) mass is 153 g/mol. The van der Waals surface area contributed by atoms with Crippen molar-refractivity contribution in [2.24, 2.45) is 0 Å². The van der Waals surface area contributed by atoms with E-state index in [0.717, 1.165) is 0 Å². The summed E-state index contributed by atoms with van der Waals surface area (Å²) in [7, 11) is 1.59. The van der Waals surface area contributed by atoms with Crippen LogP contribution in [0.25, 0.3) is 0 Å². The van der Waals surface area contributed by atoms with Crippen LogP contribution in [0, 0.1) is 0 Å². The Labute approximate surface area is 65.2 Å². The van der Waals surface area contributed by atoms with E-state index in [0.29, 0.717) is 5.56 Å². The van der Waals surface area contributed by atoms with Gasteiger partial charge in [0.1, 0.15) is 0 Å². The number of hydrogen-bond donors (Lipinski definition) is 2. The van der Waals surface area contributed by atoms with Crippen LogP contribution in [0.1, 0.15) is 10.4 Å². The molecule has 60 valence electrons. The predicted octanol–water partition coefficient (Wildman–Crippen LogP) is 0.603. The van der Waals surface area contributed by atoms with Crippen LogP contribution < -0.4 is 11.5 Å². The van der Waals surface area contributed by atoms with E-state index in [1.54, 1.807) is 25.4 Å². The summed E-state index contributed by atoms with van der Waals surface area (Å²) < 4.78 is 0. The first kappa shape index (κ1) is 9.58. The zero-order valence-corrected chi connectivity index (χ0v) is 6.37. The SMILES string of the molecule is CNC(=O)c1cccnc1.N. The molecule has 0 fully saturated rings. The van der Waals surface area contributed by atoms with Gasteiger partial charge in [-0.1, -0.05) is 0 Å². The summed E-state index contributed by atoms with van der Waals surface area (Å²) in [6, 6.07) is 3.44. The fourth-order valence-corrected chi connectivity index (χ4v) is 0.641. The zero-order chi connectivity index (χ0) is 7.40. The van der Waals surface area contributed by atoms with Crippen molar-refractivity contribution in [1.29, 1.82) is 0 Å². The summed E-state index contributed by atoms with van der Waals surface area (Å²) in [5.74, 6) is -0.104. The molecule has 0 aliphatic heterocycles. The third kappa shape index (κ3) is 2.35. The molecule has 1 aromatic heterocycles. The highest BCUT2D eigenvalue weighted by Crippen LogP contribution is 1.93. The van der Waals surface area contributed by atoms with Gasteiger partial charge in [0.2, 0.25) is 0 Å². The van der Waals surface area contributed by atoms with Gasteiger partial charge in [0.05, 0.1) is 5.56 Å². The third-order valence-electron chi connectivity index (χ3n) is 1.15. The second kappa shape index (κ2) is 4.40. The molecule has 1 amide bonds. The first-order valence-corrected chi connectivity index (χ1v) is 2.96. The van der Waals surface area contributed by atoms with Gasteiger partial charge in [-0.05, 0) is 12.1 Å². The van der Waals surface area contributed by atoms with E-state index in [9.17, 15) is 4.79 Å². The lowest BCUT2D eigenvalue weighted by Crippen LogP contribution is -2.17. The molecule has 0 aliphatic carbocycles. The molecule has 0 bridgehead atoms. The van der Waals surface area contributed by atoms with Gasteiger partial charge >= 0.3 is 0 Å². The summed E-state index contributed by atoms with van der Waals surface area (Å²) in [6.45, 7) is 0. The van der Waals surface area contributed by atoms with Gasteiger partial charge in [0.25, 0.3) is 5.91 Å². The third-order valence-corrected chi connectivity index (χ3v) is 1.15. The molecule has 0 saturated heterocycles. The zero-order valence-electron chi connectivity index (χ0n) is 6.37. The standard InChI is InChI=1S/C7H8N2O.H3N/c1-8-7(10)6-3-2-4-9-5-6;/h2-5H,1H3,(H,8,10);1H3. The molecule has 1 aromatic rings. The number of amides is 1. The Morgan fingerprint density at radius 2 is 2.36 bits per heavy atom. The molecular weight excluding hydrogens is 142 g/mol. The molecule has 1 rings (SSSR count). The maximum absolute atomic E-state index is 10.9. The average Bonchev–Trinajstić information content (AvgIpc) is 2.05. The highest BCUT2D eigenvalue weighted by molar-refractivity contribution is 5.93. The Balaban J connectivity index is 0.000001000. The Morgan fingerprint density at radius 1 is 1.64 bits per heavy atom. The summed E-state index contributed by atoms with van der Waals surface area (Å²) in [6.07, 6.45) is 3.16. The van der Waals surface area contributed by atoms with Crippen molar-refractivity contribution in [2.75, 3.05) is 7.05 Å². The van der Waals surface area contributed by atoms with Crippen LogP contribution in [-0.4, -0.2) is 17.9 Å². The first-order valence-electron chi connectivity index (χ1n) is 2.96. The number of nitrogens with zero attached hydrogens (tertiary/aromatic N) is 1. The van der Waals surface area contributed by atoms with E-state index < -0.39 is 0 Å². The highest BCUT2D eigenvalue weighted by Gasteiger charge is 1.98. The van der Waals surface area contributed by atoms with Gasteiger partial charge in [-0.3, -0.25) is 9.78 Å². The van der Waals surface area contributed by atoms with Gasteiger partial charge in [-0.25, -0.2) is 0 Å². The smallest absolute Gasteiger partial charge is 0.252 e. The number of carbonyl (C=O) groups excluding carboxylic acids is 1. The second-order valence-electron chi connectivity index (χ2n) is 1.82. The van der Waals surface area contributed by atoms with Crippen LogP contribution in [0.4, 0.5) is 0 Å². The number of rotatable bonds is 1. The Morgan fingerprint density at radius 3 is 2.82 bits per heavy atom. The number of carbonyl (C=O) groups is 1. The molecule has 1 heterocycles. The van der Waals surface area contributed by atoms with E-state index in [2.05, 4.69) is 10.3 Å². The summed E-state index contributed by atoms with van der Waals surface area (Å²) in [4.78, 5) is 14.7. The Hall–Kier alpha value is -1.42. The molecule has 11 heavy (non-hydrogen) atoms. The number of aromatic nitrogens is 1. The summed E-state index contributed by atoms with van der Waals surface area (Å²) in [5, 5.41) is 2.50. The van der Waals surface area contributed by atoms with Crippen molar-refractivity contribution < 1.29 is 4.79 Å². The van der Waals surface area contributed by atoms with E-state index in [4.69, 9.17) is 0 Å². The minimum Gasteiger partial charge on any atom is -0.355 e. The molecule has 4 heteroatoms. The Kier molecular flexibility index (Phi) is 3.84. The van der Waals surface area contributed by atoms with Gasteiger partial charge in [-0.2, -0.15) is 0 Å². The van der Waals surface area contributed by atoms with Crippen LogP contribution >= 0.6 is 0 Å². The van der Waals surface area contributed by atoms with Crippen LogP contribution in [0.2, 0.25) is 0 Å². The molecule has 0 atom stereocenters. The maximum atomic E-state index is 10.9. The van der Waals surface area contributed by atoms with Crippen LogP contribution in [-0.2, 0) is 0 Å². The average molecular weight is 153 g/mol. The van der Waals surface area contributed by atoms with Crippen LogP contribution in [0.3, 0.4) is 0 Å². The quantitative estimate of drug-likeness (QED) is 0.620. The van der Waals surface area contributed by atoms with Crippen molar-refractivity contribution >= 4 is 5.91 Å². The molecule has 0 saturated carbocycles. The van der Waals surface area contributed by atoms with Crippen molar-refractivity contribution in [2.45, 2.75) is 0 Å². The minimum absolute atomic E-state index is 0. The molecule has 0 radical (unpaired) electrons. The van der Waals surface area contributed by atoms with Crippen molar-refractivity contribution in [3.8, 4) is 0 Å². The largest absolute Gasteiger partial charge is 0.355 e. The molecule has 0 aliphatic rings. The van der Waals surface area contributed by atoms with Crippen molar-refractivity contribution in [1.82, 2.24) is 16.5 Å². The van der Waals surface area contributed by atoms with Crippen molar-refractivity contribution in [3.63, 3.8) is 0 Å². The molecule has 0 spiro atoms. The van der Waals surface area contributed by atoms with E-state index in [1.165, 1.54) is 6.20 Å². The van der Waals surface area contributed by atoms with E-state index in [1.807, 2.05) is 0 Å². The number of pyridine rings is 1. The lowest BCUT2D eigenvalue weighted by atomic mass is 10.3. The highest BCUT2D eigenvalue weighted by atomic mass is 16.1. The van der Waals surface area contributed by atoms with Crippen molar-refractivity contribution in [3.05, 3.63) is 30.1 Å². The second-order valence-corrected chi connectivity index (χ2v) is 1.82. The molecule has 4 nitrogen and oxygen atoms in total. The maximum Gasteiger partial charge on any atom is 0.252 e. The normalized spacial score (nSPS) is 8.09. The minimum atomic E-state index is -0.104. The van der Waals surface area contributed by atoms with Gasteiger partial charge < -0.3 is 11.5 Å². The number of hydrogen-bond acceptors (Lipinski definition) is 3. The summed E-state index contributed by atoms with van der Waals surface area (Å²) >= 11 is 0. The van der Waals surface area contributed by atoms with Crippen LogP contribution in [0.15, 0.2) is 24.5 Å². The number of nitrogens with one attached hydrogen (secondary N) is 1. The molecule has 0 aromatic carbocycles. The van der Waals surface area contributed by atoms with E-state index >= 15 is 0 Å². The van der Waals surface area contributed by atoms with Gasteiger partial charge in [-0.15, -0.1) is 0 Å². The fraction of sp³-hybridized carbons (Fsp3) is 0.143. The molecule has 0 unspecified atom stereocenters. The molecule has 4 N–H and O–H groups in total.